The maximum absolute atomic E-state index is 4.47. The second-order valence-electron chi connectivity index (χ2n) is 3.04. The fraction of sp³-hybridized carbons (Fsp3) is 0.556. The maximum Gasteiger partial charge on any atom is 0.0793 e. The molecule has 0 saturated heterocycles. The van der Waals surface area contributed by atoms with Gasteiger partial charge in [-0.3, -0.25) is 9.98 Å². The van der Waals surface area contributed by atoms with Gasteiger partial charge in [-0.05, 0) is 29.8 Å². The zero-order valence-corrected chi connectivity index (χ0v) is 8.47. The first-order valence-electron chi connectivity index (χ1n) is 4.30. The van der Waals surface area contributed by atoms with Crippen molar-refractivity contribution in [3.05, 3.63) is 10.6 Å². The van der Waals surface area contributed by atoms with Crippen LogP contribution in [0.15, 0.2) is 20.5 Å². The summed E-state index contributed by atoms with van der Waals surface area (Å²) in [5.74, 6) is 0. The van der Waals surface area contributed by atoms with Gasteiger partial charge in [0, 0.05) is 0 Å². The van der Waals surface area contributed by atoms with E-state index >= 15 is 0 Å². The fourth-order valence-corrected chi connectivity index (χ4v) is 2.01. The van der Waals surface area contributed by atoms with Gasteiger partial charge >= 0.3 is 0 Å². The molecule has 0 N–H and O–H groups in total. The van der Waals surface area contributed by atoms with Gasteiger partial charge in [0.2, 0.25) is 0 Å². The van der Waals surface area contributed by atoms with Crippen LogP contribution in [-0.4, -0.2) is 24.5 Å². The van der Waals surface area contributed by atoms with Gasteiger partial charge in [0.05, 0.1) is 24.5 Å². The summed E-state index contributed by atoms with van der Waals surface area (Å²) in [7, 11) is 0. The zero-order chi connectivity index (χ0) is 8.39. The van der Waals surface area contributed by atoms with Gasteiger partial charge in [-0.25, -0.2) is 0 Å². The molecule has 0 radical (unpaired) electrons. The van der Waals surface area contributed by atoms with Crippen molar-refractivity contribution in [2.24, 2.45) is 9.98 Å². The molecular formula is C9H11BrN2. The van der Waals surface area contributed by atoms with Crippen LogP contribution in [0.5, 0.6) is 0 Å². The molecule has 0 atom stereocenters. The summed E-state index contributed by atoms with van der Waals surface area (Å²) < 4.78 is 1.26. The van der Waals surface area contributed by atoms with E-state index in [1.54, 1.807) is 0 Å². The molecule has 2 nitrogen and oxygen atoms in total. The van der Waals surface area contributed by atoms with Crippen molar-refractivity contribution >= 4 is 27.4 Å². The third-order valence-electron chi connectivity index (χ3n) is 2.10. The summed E-state index contributed by atoms with van der Waals surface area (Å²) in [4.78, 5) is 8.91. The molecule has 2 rings (SSSR count). The van der Waals surface area contributed by atoms with Crippen LogP contribution in [0.4, 0.5) is 0 Å². The average molecular weight is 227 g/mol. The molecule has 0 unspecified atom stereocenters. The van der Waals surface area contributed by atoms with E-state index in [1.807, 2.05) is 0 Å². The Morgan fingerprint density at radius 3 is 2.92 bits per heavy atom. The van der Waals surface area contributed by atoms with E-state index in [9.17, 15) is 0 Å². The van der Waals surface area contributed by atoms with Crippen molar-refractivity contribution in [1.82, 2.24) is 0 Å². The Hall–Kier alpha value is -0.440. The number of aliphatic imine (C=N–C) groups is 2. The highest BCUT2D eigenvalue weighted by molar-refractivity contribution is 9.11. The third kappa shape index (κ3) is 1.66. The number of fused-ring (bicyclic) bond motifs is 1. The summed E-state index contributed by atoms with van der Waals surface area (Å²) in [5.41, 5.74) is 2.31. The lowest BCUT2D eigenvalue weighted by atomic mass is 10.1. The quantitative estimate of drug-likeness (QED) is 0.606. The van der Waals surface area contributed by atoms with Gasteiger partial charge in [-0.15, -0.1) is 0 Å². The van der Waals surface area contributed by atoms with Gasteiger partial charge in [-0.2, -0.15) is 0 Å². The molecule has 1 aliphatic heterocycles. The lowest BCUT2D eigenvalue weighted by Gasteiger charge is -2.08. The highest BCUT2D eigenvalue weighted by Gasteiger charge is 2.13. The first-order valence-corrected chi connectivity index (χ1v) is 5.10. The molecule has 0 bridgehead atoms. The van der Waals surface area contributed by atoms with Gasteiger partial charge < -0.3 is 0 Å². The topological polar surface area (TPSA) is 24.7 Å². The molecule has 0 amide bonds. The van der Waals surface area contributed by atoms with E-state index in [0.29, 0.717) is 0 Å². The summed E-state index contributed by atoms with van der Waals surface area (Å²) in [6.07, 6.45) is 5.52. The number of hydrogen-bond donors (Lipinski definition) is 0. The van der Waals surface area contributed by atoms with Crippen LogP contribution in [0.25, 0.3) is 0 Å². The Bertz CT molecular complexity index is 276. The number of hydrogen-bond acceptors (Lipinski definition) is 2. The van der Waals surface area contributed by atoms with E-state index < -0.39 is 0 Å². The zero-order valence-electron chi connectivity index (χ0n) is 6.89. The van der Waals surface area contributed by atoms with Crippen molar-refractivity contribution in [2.75, 3.05) is 13.1 Å². The van der Waals surface area contributed by atoms with Gasteiger partial charge in [0.1, 0.15) is 0 Å². The van der Waals surface area contributed by atoms with Crippen molar-refractivity contribution in [3.8, 4) is 0 Å². The minimum absolute atomic E-state index is 0.857. The molecule has 0 aromatic heterocycles. The van der Waals surface area contributed by atoms with Gasteiger partial charge in [0.25, 0.3) is 0 Å². The van der Waals surface area contributed by atoms with E-state index in [0.717, 1.165) is 31.6 Å². The van der Waals surface area contributed by atoms with Crippen molar-refractivity contribution in [3.63, 3.8) is 0 Å². The summed E-state index contributed by atoms with van der Waals surface area (Å²) >= 11 is 3.53. The molecule has 0 fully saturated rings. The van der Waals surface area contributed by atoms with Crippen molar-refractivity contribution in [1.29, 1.82) is 0 Å². The van der Waals surface area contributed by atoms with Crippen LogP contribution in [0, 0.1) is 0 Å². The lowest BCUT2D eigenvalue weighted by molar-refractivity contribution is 0.881. The number of rotatable bonds is 0. The standard InChI is InChI=1S/C9H11BrN2/c10-7-2-1-3-8-9(6-7)12-5-4-11-8/h6H,1-5H2. The first-order chi connectivity index (χ1) is 5.86. The summed E-state index contributed by atoms with van der Waals surface area (Å²) in [6.45, 7) is 1.74. The predicted octanol–water partition coefficient (Wildman–Crippen LogP) is 2.34. The van der Waals surface area contributed by atoms with E-state index in [4.69, 9.17) is 0 Å². The second-order valence-corrected chi connectivity index (χ2v) is 4.06. The molecule has 12 heavy (non-hydrogen) atoms. The van der Waals surface area contributed by atoms with E-state index in [2.05, 4.69) is 32.0 Å². The molecule has 0 saturated carbocycles. The fourth-order valence-electron chi connectivity index (χ4n) is 1.51. The highest BCUT2D eigenvalue weighted by atomic mass is 79.9. The Morgan fingerprint density at radius 1 is 1.17 bits per heavy atom. The average Bonchev–Trinajstić information content (AvgIpc) is 2.25. The van der Waals surface area contributed by atoms with Crippen molar-refractivity contribution < 1.29 is 0 Å². The van der Waals surface area contributed by atoms with Crippen molar-refractivity contribution in [2.45, 2.75) is 19.3 Å². The largest absolute Gasteiger partial charge is 0.286 e. The van der Waals surface area contributed by atoms with Crippen LogP contribution in [0.2, 0.25) is 0 Å². The Kier molecular flexibility index (Phi) is 2.40. The Balaban J connectivity index is 2.31. The van der Waals surface area contributed by atoms with E-state index in [1.165, 1.54) is 16.6 Å². The molecule has 0 aromatic carbocycles. The molecule has 0 aromatic rings. The minimum atomic E-state index is 0.857. The number of halogens is 1. The Labute approximate surface area is 80.6 Å². The molecule has 64 valence electrons. The third-order valence-corrected chi connectivity index (χ3v) is 2.73. The summed E-state index contributed by atoms with van der Waals surface area (Å²) in [6, 6.07) is 0. The Morgan fingerprint density at radius 2 is 2.00 bits per heavy atom. The molecule has 0 spiro atoms. The minimum Gasteiger partial charge on any atom is -0.286 e. The van der Waals surface area contributed by atoms with Crippen LogP contribution in [0.3, 0.4) is 0 Å². The molecule has 1 aliphatic carbocycles. The van der Waals surface area contributed by atoms with Gasteiger partial charge in [-0.1, -0.05) is 15.9 Å². The first kappa shape index (κ1) is 8.17. The smallest absolute Gasteiger partial charge is 0.0793 e. The molecular weight excluding hydrogens is 216 g/mol. The normalized spacial score (nSPS) is 23.2. The van der Waals surface area contributed by atoms with Crippen LogP contribution in [-0.2, 0) is 0 Å². The maximum atomic E-state index is 4.47. The van der Waals surface area contributed by atoms with Crippen LogP contribution < -0.4 is 0 Å². The van der Waals surface area contributed by atoms with Crippen LogP contribution >= 0.6 is 15.9 Å². The van der Waals surface area contributed by atoms with E-state index in [-0.39, 0.29) is 0 Å². The molecule has 3 heteroatoms. The SMILES string of the molecule is BrC1=CC2=NCCN=C2CCC1. The second kappa shape index (κ2) is 3.52. The monoisotopic (exact) mass is 226 g/mol. The van der Waals surface area contributed by atoms with Crippen LogP contribution in [0.1, 0.15) is 19.3 Å². The number of allylic oxidation sites excluding steroid dienone is 2. The lowest BCUT2D eigenvalue weighted by Crippen LogP contribution is -2.17. The number of nitrogens with zero attached hydrogens (tertiary/aromatic N) is 2. The predicted molar refractivity (Wildman–Crippen MR) is 55.5 cm³/mol. The molecule has 1 heterocycles. The molecule has 2 aliphatic rings. The summed E-state index contributed by atoms with van der Waals surface area (Å²) in [5, 5.41) is 0. The van der Waals surface area contributed by atoms with Gasteiger partial charge in [0.15, 0.2) is 0 Å². The highest BCUT2D eigenvalue weighted by Crippen LogP contribution is 2.20.